The molecular weight excluding hydrogens is 284 g/mol. The minimum absolute atomic E-state index is 0.00335. The van der Waals surface area contributed by atoms with Crippen LogP contribution in [0, 0.1) is 0 Å². The molecule has 4 N–H and O–H groups in total. The molecule has 1 aliphatic rings. The second-order valence-electron chi connectivity index (χ2n) is 4.22. The predicted molar refractivity (Wildman–Crippen MR) is 72.1 cm³/mol. The Hall–Kier alpha value is -2.13. The van der Waals surface area contributed by atoms with Crippen LogP contribution in [0.3, 0.4) is 0 Å². The number of hydrogen-bond donors (Lipinski definition) is 4. The Bertz CT molecular complexity index is 602. The van der Waals surface area contributed by atoms with Crippen molar-refractivity contribution in [2.75, 3.05) is 11.2 Å². The number of benzene rings is 1. The van der Waals surface area contributed by atoms with Crippen LogP contribution >= 0.6 is 0 Å². The molecule has 108 valence electrons. The van der Waals surface area contributed by atoms with Crippen LogP contribution in [0.4, 0.5) is 10.5 Å². The summed E-state index contributed by atoms with van der Waals surface area (Å²) >= 11 is 0. The minimum Gasteiger partial charge on any atom is -0.326 e. The first-order chi connectivity index (χ1) is 9.46. The van der Waals surface area contributed by atoms with Crippen LogP contribution in [-0.2, 0) is 14.8 Å². The van der Waals surface area contributed by atoms with Gasteiger partial charge in [-0.25, -0.2) is 13.2 Å². The van der Waals surface area contributed by atoms with Gasteiger partial charge in [-0.3, -0.25) is 10.1 Å². The lowest BCUT2D eigenvalue weighted by Crippen LogP contribution is -2.36. The van der Waals surface area contributed by atoms with Crippen molar-refractivity contribution in [3.63, 3.8) is 0 Å². The van der Waals surface area contributed by atoms with Crippen LogP contribution in [0.25, 0.3) is 0 Å². The smallest absolute Gasteiger partial charge is 0.322 e. The van der Waals surface area contributed by atoms with Crippen LogP contribution in [0.5, 0.6) is 0 Å². The molecule has 1 atom stereocenters. The highest BCUT2D eigenvalue weighted by Gasteiger charge is 2.30. The SMILES string of the molecule is O=C1NC(=O)C(CCS(=O)(=O)NNc2ccccc2)N1. The highest BCUT2D eigenvalue weighted by molar-refractivity contribution is 7.89. The van der Waals surface area contributed by atoms with Crippen LogP contribution < -0.4 is 20.9 Å². The topological polar surface area (TPSA) is 116 Å². The first-order valence-corrected chi connectivity index (χ1v) is 7.53. The number of carbonyl (C=O) groups is 2. The fraction of sp³-hybridized carbons (Fsp3) is 0.273. The maximum Gasteiger partial charge on any atom is 0.322 e. The maximum atomic E-state index is 11.7. The Morgan fingerprint density at radius 3 is 2.45 bits per heavy atom. The summed E-state index contributed by atoms with van der Waals surface area (Å²) in [5, 5.41) is 4.38. The van der Waals surface area contributed by atoms with E-state index in [2.05, 4.69) is 15.6 Å². The molecule has 1 aromatic rings. The summed E-state index contributed by atoms with van der Waals surface area (Å²) in [4.78, 5) is 24.3. The van der Waals surface area contributed by atoms with Crippen molar-refractivity contribution >= 4 is 27.6 Å². The van der Waals surface area contributed by atoms with Gasteiger partial charge in [-0.2, -0.15) is 0 Å². The van der Waals surface area contributed by atoms with Crippen LogP contribution in [0.2, 0.25) is 0 Å². The lowest BCUT2D eigenvalue weighted by atomic mass is 10.2. The van der Waals surface area contributed by atoms with Gasteiger partial charge in [-0.1, -0.05) is 18.2 Å². The monoisotopic (exact) mass is 298 g/mol. The van der Waals surface area contributed by atoms with Gasteiger partial charge in [-0.05, 0) is 18.6 Å². The first kappa shape index (κ1) is 14.3. The molecule has 1 aromatic carbocycles. The molecule has 1 fully saturated rings. The molecule has 0 saturated carbocycles. The third-order valence-electron chi connectivity index (χ3n) is 2.66. The van der Waals surface area contributed by atoms with E-state index in [0.29, 0.717) is 5.69 Å². The van der Waals surface area contributed by atoms with Crippen molar-refractivity contribution in [3.8, 4) is 0 Å². The van der Waals surface area contributed by atoms with Crippen LogP contribution in [-0.4, -0.2) is 32.2 Å². The van der Waals surface area contributed by atoms with Gasteiger partial charge in [0.15, 0.2) is 0 Å². The van der Waals surface area contributed by atoms with Gasteiger partial charge in [0, 0.05) is 5.69 Å². The molecule has 1 heterocycles. The molecule has 2 rings (SSSR count). The van der Waals surface area contributed by atoms with Crippen molar-refractivity contribution in [2.45, 2.75) is 12.5 Å². The number of imide groups is 1. The molecule has 9 heteroatoms. The number of anilines is 1. The Labute approximate surface area is 116 Å². The average molecular weight is 298 g/mol. The second kappa shape index (κ2) is 5.88. The second-order valence-corrected chi connectivity index (χ2v) is 6.06. The number of nitrogens with one attached hydrogen (secondary N) is 4. The van der Waals surface area contributed by atoms with E-state index in [4.69, 9.17) is 0 Å². The molecule has 0 aliphatic carbocycles. The summed E-state index contributed by atoms with van der Waals surface area (Å²) in [6, 6.07) is 7.31. The van der Waals surface area contributed by atoms with Crippen molar-refractivity contribution < 1.29 is 18.0 Å². The number of urea groups is 1. The molecule has 1 saturated heterocycles. The van der Waals surface area contributed by atoms with Crippen molar-refractivity contribution in [3.05, 3.63) is 30.3 Å². The number of hydrazine groups is 1. The summed E-state index contributed by atoms with van der Waals surface area (Å²) in [5.74, 6) is -0.799. The predicted octanol–water partition coefficient (Wildman–Crippen LogP) is -0.469. The van der Waals surface area contributed by atoms with E-state index in [1.54, 1.807) is 30.3 Å². The van der Waals surface area contributed by atoms with E-state index in [0.717, 1.165) is 0 Å². The maximum absolute atomic E-state index is 11.7. The molecule has 0 spiro atoms. The Balaban J connectivity index is 1.82. The summed E-state index contributed by atoms with van der Waals surface area (Å²) in [7, 11) is -3.60. The normalized spacial score (nSPS) is 18.5. The van der Waals surface area contributed by atoms with Gasteiger partial charge in [0.1, 0.15) is 6.04 Å². The molecular formula is C11H14N4O4S. The third kappa shape index (κ3) is 3.93. The van der Waals surface area contributed by atoms with Gasteiger partial charge < -0.3 is 10.7 Å². The zero-order valence-corrected chi connectivity index (χ0v) is 11.2. The Morgan fingerprint density at radius 2 is 1.85 bits per heavy atom. The van der Waals surface area contributed by atoms with E-state index >= 15 is 0 Å². The van der Waals surface area contributed by atoms with Gasteiger partial charge in [-0.15, -0.1) is 4.83 Å². The number of para-hydroxylation sites is 1. The number of sulfonamides is 1. The molecule has 20 heavy (non-hydrogen) atoms. The average Bonchev–Trinajstić information content (AvgIpc) is 2.74. The van der Waals surface area contributed by atoms with Crippen LogP contribution in [0.1, 0.15) is 6.42 Å². The first-order valence-electron chi connectivity index (χ1n) is 5.88. The van der Waals surface area contributed by atoms with E-state index < -0.39 is 28.0 Å². The zero-order chi connectivity index (χ0) is 14.6. The molecule has 0 aromatic heterocycles. The number of amides is 3. The van der Waals surface area contributed by atoms with E-state index in [-0.39, 0.29) is 12.2 Å². The lowest BCUT2D eigenvalue weighted by molar-refractivity contribution is -0.120. The molecule has 1 aliphatic heterocycles. The Kier molecular flexibility index (Phi) is 4.20. The van der Waals surface area contributed by atoms with E-state index in [1.807, 2.05) is 5.32 Å². The van der Waals surface area contributed by atoms with E-state index in [9.17, 15) is 18.0 Å². The molecule has 8 nitrogen and oxygen atoms in total. The summed E-state index contributed by atoms with van der Waals surface area (Å²) in [6.07, 6.45) is 0.00335. The zero-order valence-electron chi connectivity index (χ0n) is 10.4. The van der Waals surface area contributed by atoms with Crippen molar-refractivity contribution in [1.29, 1.82) is 0 Å². The third-order valence-corrected chi connectivity index (χ3v) is 3.84. The summed E-state index contributed by atoms with van der Waals surface area (Å²) in [5.41, 5.74) is 3.15. The highest BCUT2D eigenvalue weighted by atomic mass is 32.2. The summed E-state index contributed by atoms with van der Waals surface area (Å²) in [6.45, 7) is 0. The number of carbonyl (C=O) groups excluding carboxylic acids is 2. The van der Waals surface area contributed by atoms with Gasteiger partial charge >= 0.3 is 6.03 Å². The van der Waals surface area contributed by atoms with Crippen molar-refractivity contribution in [1.82, 2.24) is 15.5 Å². The molecule has 3 amide bonds. The molecule has 0 bridgehead atoms. The van der Waals surface area contributed by atoms with Gasteiger partial charge in [0.05, 0.1) is 5.75 Å². The van der Waals surface area contributed by atoms with E-state index in [1.165, 1.54) is 0 Å². The number of rotatable bonds is 6. The van der Waals surface area contributed by atoms with Crippen molar-refractivity contribution in [2.24, 2.45) is 0 Å². The standard InChI is InChI=1S/C11H14N4O4S/c16-10-9(12-11(17)13-10)6-7-20(18,19)15-14-8-4-2-1-3-5-8/h1-5,9,14-15H,6-7H2,(H2,12,13,16,17). The fourth-order valence-corrected chi connectivity index (χ4v) is 2.57. The molecule has 1 unspecified atom stereocenters. The summed E-state index contributed by atoms with van der Waals surface area (Å²) < 4.78 is 23.5. The minimum atomic E-state index is -3.60. The highest BCUT2D eigenvalue weighted by Crippen LogP contribution is 2.05. The van der Waals surface area contributed by atoms with Gasteiger partial charge in [0.25, 0.3) is 5.91 Å². The quantitative estimate of drug-likeness (QED) is 0.418. The van der Waals surface area contributed by atoms with Gasteiger partial charge in [0.2, 0.25) is 10.0 Å². The Morgan fingerprint density at radius 1 is 1.15 bits per heavy atom. The lowest BCUT2D eigenvalue weighted by Gasteiger charge is -2.10. The van der Waals surface area contributed by atoms with Crippen LogP contribution in [0.15, 0.2) is 30.3 Å². The molecule has 0 radical (unpaired) electrons. The fourth-order valence-electron chi connectivity index (χ4n) is 1.64. The largest absolute Gasteiger partial charge is 0.326 e. The number of hydrogen-bond acceptors (Lipinski definition) is 5.